The molecule has 26 heavy (non-hydrogen) atoms. The molecule has 0 aliphatic rings. The van der Waals surface area contributed by atoms with Crippen LogP contribution in [0.1, 0.15) is 0 Å². The number of carbonyl (C=O) groups is 1. The minimum absolute atomic E-state index is 0.0751. The second-order valence-corrected chi connectivity index (χ2v) is 5.45. The summed E-state index contributed by atoms with van der Waals surface area (Å²) in [4.78, 5) is 32.5. The number of pyridine rings is 1. The molecule has 1 aromatic carbocycles. The van der Waals surface area contributed by atoms with Gasteiger partial charge < -0.3 is 0 Å². The van der Waals surface area contributed by atoms with Crippen molar-refractivity contribution in [2.75, 3.05) is 5.32 Å². The zero-order valence-corrected chi connectivity index (χ0v) is 13.5. The fourth-order valence-corrected chi connectivity index (χ4v) is 2.52. The Morgan fingerprint density at radius 3 is 2.85 bits per heavy atom. The van der Waals surface area contributed by atoms with Crippen LogP contribution in [0.5, 0.6) is 0 Å². The number of rotatable bonds is 4. The molecule has 0 atom stereocenters. The van der Waals surface area contributed by atoms with E-state index in [1.165, 1.54) is 10.9 Å². The highest BCUT2D eigenvalue weighted by atomic mass is 16.2. The number of para-hydroxylation sites is 1. The molecule has 1 amide bonds. The van der Waals surface area contributed by atoms with Gasteiger partial charge in [0.05, 0.1) is 11.7 Å². The van der Waals surface area contributed by atoms with E-state index < -0.39 is 0 Å². The molecule has 0 bridgehead atoms. The maximum atomic E-state index is 12.3. The van der Waals surface area contributed by atoms with E-state index in [-0.39, 0.29) is 23.8 Å². The lowest BCUT2D eigenvalue weighted by atomic mass is 10.2. The average molecular weight is 347 g/mol. The van der Waals surface area contributed by atoms with Gasteiger partial charge in [-0.1, -0.05) is 18.2 Å². The number of nitrogens with one attached hydrogen (secondary N) is 2. The second kappa shape index (κ2) is 6.55. The molecular weight excluding hydrogens is 334 g/mol. The zero-order valence-electron chi connectivity index (χ0n) is 13.5. The molecule has 0 unspecified atom stereocenters. The van der Waals surface area contributed by atoms with E-state index in [4.69, 9.17) is 0 Å². The minimum Gasteiger partial charge on any atom is -0.292 e. The van der Waals surface area contributed by atoms with Crippen LogP contribution in [0, 0.1) is 0 Å². The quantitative estimate of drug-likeness (QED) is 0.573. The summed E-state index contributed by atoms with van der Waals surface area (Å²) in [6.45, 7) is -0.0751. The molecule has 4 rings (SSSR count). The number of carbonyl (C=O) groups excluding carboxylic acids is 1. The molecular formula is C17H13N7O2. The second-order valence-electron chi connectivity index (χ2n) is 5.45. The largest absolute Gasteiger partial charge is 0.292 e. The normalized spacial score (nSPS) is 10.8. The smallest absolute Gasteiger partial charge is 0.249 e. The van der Waals surface area contributed by atoms with Gasteiger partial charge in [-0.2, -0.15) is 10.1 Å². The topological polar surface area (TPSA) is 118 Å². The molecule has 128 valence electrons. The van der Waals surface area contributed by atoms with Crippen LogP contribution in [-0.4, -0.2) is 35.9 Å². The summed E-state index contributed by atoms with van der Waals surface area (Å²) in [5, 5.41) is 13.8. The molecule has 0 spiro atoms. The lowest BCUT2D eigenvalue weighted by Crippen LogP contribution is -2.23. The van der Waals surface area contributed by atoms with E-state index in [2.05, 4.69) is 30.6 Å². The highest BCUT2D eigenvalue weighted by molar-refractivity contribution is 5.90. The summed E-state index contributed by atoms with van der Waals surface area (Å²) in [5.74, 6) is 0.228. The summed E-state index contributed by atoms with van der Waals surface area (Å²) >= 11 is 0. The Labute approximate surface area is 146 Å². The van der Waals surface area contributed by atoms with Gasteiger partial charge in [-0.15, -0.1) is 5.10 Å². The Hall–Kier alpha value is -3.88. The van der Waals surface area contributed by atoms with E-state index in [0.717, 1.165) is 0 Å². The van der Waals surface area contributed by atoms with Crippen molar-refractivity contribution >= 4 is 22.8 Å². The van der Waals surface area contributed by atoms with Gasteiger partial charge in [0.2, 0.25) is 17.3 Å². The molecule has 0 aliphatic carbocycles. The van der Waals surface area contributed by atoms with E-state index in [1.807, 2.05) is 6.07 Å². The monoisotopic (exact) mass is 347 g/mol. The number of nitrogens with zero attached hydrogens (tertiary/aromatic N) is 5. The summed E-state index contributed by atoms with van der Waals surface area (Å²) in [5.41, 5.74) is 1.01. The van der Waals surface area contributed by atoms with E-state index >= 15 is 0 Å². The number of amides is 1. The third-order valence-electron chi connectivity index (χ3n) is 3.70. The van der Waals surface area contributed by atoms with E-state index in [1.54, 1.807) is 42.6 Å². The first-order valence-electron chi connectivity index (χ1n) is 7.79. The Morgan fingerprint density at radius 2 is 2.00 bits per heavy atom. The fraction of sp³-hybridized carbons (Fsp3) is 0.0588. The van der Waals surface area contributed by atoms with Gasteiger partial charge in [0.25, 0.3) is 0 Å². The molecule has 2 N–H and O–H groups in total. The Balaban J connectivity index is 1.53. The number of aromatic nitrogens is 6. The van der Waals surface area contributed by atoms with Gasteiger partial charge in [0.1, 0.15) is 12.2 Å². The molecule has 3 aromatic heterocycles. The fourth-order valence-electron chi connectivity index (χ4n) is 2.52. The highest BCUT2D eigenvalue weighted by Gasteiger charge is 2.12. The van der Waals surface area contributed by atoms with Gasteiger partial charge in [-0.05, 0) is 24.3 Å². The molecule has 9 nitrogen and oxygen atoms in total. The number of benzene rings is 1. The number of fused-ring (bicyclic) bond motifs is 1. The first kappa shape index (κ1) is 15.6. The van der Waals surface area contributed by atoms with Gasteiger partial charge in [-0.3, -0.25) is 29.7 Å². The van der Waals surface area contributed by atoms with Gasteiger partial charge in [-0.25, -0.2) is 0 Å². The Morgan fingerprint density at radius 1 is 1.15 bits per heavy atom. The molecule has 0 saturated heterocycles. The first-order chi connectivity index (χ1) is 12.7. The minimum atomic E-state index is -0.363. The van der Waals surface area contributed by atoms with Crippen molar-refractivity contribution in [3.8, 4) is 11.5 Å². The molecule has 0 radical (unpaired) electrons. The van der Waals surface area contributed by atoms with Crippen molar-refractivity contribution < 1.29 is 4.79 Å². The van der Waals surface area contributed by atoms with Gasteiger partial charge >= 0.3 is 0 Å². The van der Waals surface area contributed by atoms with Crippen LogP contribution in [-0.2, 0) is 11.3 Å². The summed E-state index contributed by atoms with van der Waals surface area (Å²) < 4.78 is 1.46. The number of hydrogen-bond acceptors (Lipinski definition) is 6. The van der Waals surface area contributed by atoms with Crippen LogP contribution in [0.4, 0.5) is 5.95 Å². The maximum absolute atomic E-state index is 12.3. The lowest BCUT2D eigenvalue weighted by Gasteiger charge is -2.08. The van der Waals surface area contributed by atoms with Crippen molar-refractivity contribution in [1.29, 1.82) is 0 Å². The Bertz CT molecular complexity index is 1130. The van der Waals surface area contributed by atoms with Crippen molar-refractivity contribution in [2.24, 2.45) is 0 Å². The third-order valence-corrected chi connectivity index (χ3v) is 3.70. The standard InChI is InChI=1S/C17H13N7O2/c25-14-9-19-24(13-7-2-1-5-11(13)14)10-15(26)20-17-21-16(22-23-17)12-6-3-4-8-18-12/h1-9H,10H2,(H2,20,21,22,23,26). The molecule has 0 aliphatic heterocycles. The summed E-state index contributed by atoms with van der Waals surface area (Å²) in [6, 6.07) is 12.4. The van der Waals surface area contributed by atoms with Crippen molar-refractivity contribution in [3.05, 3.63) is 65.1 Å². The maximum Gasteiger partial charge on any atom is 0.249 e. The zero-order chi connectivity index (χ0) is 17.9. The van der Waals surface area contributed by atoms with Crippen molar-refractivity contribution in [3.63, 3.8) is 0 Å². The molecule has 0 fully saturated rings. The number of anilines is 1. The number of aromatic amines is 1. The SMILES string of the molecule is O=C(Cn1ncc(=O)c2ccccc21)Nc1n[nH]c(-c2ccccn2)n1. The molecule has 4 aromatic rings. The van der Waals surface area contributed by atoms with Gasteiger partial charge in [0.15, 0.2) is 5.82 Å². The van der Waals surface area contributed by atoms with Crippen LogP contribution in [0.2, 0.25) is 0 Å². The number of hydrogen-bond donors (Lipinski definition) is 2. The van der Waals surface area contributed by atoms with Crippen molar-refractivity contribution in [2.45, 2.75) is 6.54 Å². The predicted octanol–water partition coefficient (Wildman–Crippen LogP) is 1.22. The summed E-state index contributed by atoms with van der Waals surface area (Å²) in [6.07, 6.45) is 2.84. The van der Waals surface area contributed by atoms with Crippen LogP contribution in [0.25, 0.3) is 22.4 Å². The molecule has 0 saturated carbocycles. The van der Waals surface area contributed by atoms with Crippen LogP contribution in [0.3, 0.4) is 0 Å². The van der Waals surface area contributed by atoms with Crippen LogP contribution >= 0.6 is 0 Å². The van der Waals surface area contributed by atoms with E-state index in [9.17, 15) is 9.59 Å². The molecule has 9 heteroatoms. The number of H-pyrrole nitrogens is 1. The lowest BCUT2D eigenvalue weighted by molar-refractivity contribution is -0.116. The average Bonchev–Trinajstić information content (AvgIpc) is 3.13. The van der Waals surface area contributed by atoms with Crippen molar-refractivity contribution in [1.82, 2.24) is 29.9 Å². The molecule has 3 heterocycles. The first-order valence-corrected chi connectivity index (χ1v) is 7.79. The highest BCUT2D eigenvalue weighted by Crippen LogP contribution is 2.12. The van der Waals surface area contributed by atoms with E-state index in [0.29, 0.717) is 22.4 Å². The van der Waals surface area contributed by atoms with Gasteiger partial charge in [0, 0.05) is 11.6 Å². The van der Waals surface area contributed by atoms with Crippen LogP contribution < -0.4 is 10.7 Å². The Kier molecular flexibility index (Phi) is 3.94. The third kappa shape index (κ3) is 3.05. The summed E-state index contributed by atoms with van der Waals surface area (Å²) in [7, 11) is 0. The van der Waals surface area contributed by atoms with Crippen LogP contribution in [0.15, 0.2) is 59.7 Å². The predicted molar refractivity (Wildman–Crippen MR) is 94.2 cm³/mol.